The van der Waals surface area contributed by atoms with E-state index in [0.29, 0.717) is 13.0 Å². The van der Waals surface area contributed by atoms with Crippen molar-refractivity contribution in [1.82, 2.24) is 5.32 Å². The fourth-order valence-corrected chi connectivity index (χ4v) is 2.59. The summed E-state index contributed by atoms with van der Waals surface area (Å²) in [5.41, 5.74) is 0.718. The second kappa shape index (κ2) is 6.26. The number of hydrogen-bond acceptors (Lipinski definition) is 3. The Morgan fingerprint density at radius 3 is 2.81 bits per heavy atom. The van der Waals surface area contributed by atoms with Gasteiger partial charge in [-0.25, -0.2) is 0 Å². The third-order valence-corrected chi connectivity index (χ3v) is 3.86. The van der Waals surface area contributed by atoms with E-state index in [2.05, 4.69) is 21.2 Å². The summed E-state index contributed by atoms with van der Waals surface area (Å²) in [5, 5.41) is 11.1. The van der Waals surface area contributed by atoms with Crippen molar-refractivity contribution in [2.24, 2.45) is 5.92 Å². The number of anilines is 1. The zero-order valence-electron chi connectivity index (χ0n) is 11.4. The molecular weight excluding hydrogens is 340 g/mol. The Hall–Kier alpha value is -1.89. The quantitative estimate of drug-likeness (QED) is 0.800. The number of aliphatic carboxylic acids is 1. The van der Waals surface area contributed by atoms with E-state index < -0.39 is 23.8 Å². The van der Waals surface area contributed by atoms with Crippen molar-refractivity contribution in [2.45, 2.75) is 19.4 Å². The minimum absolute atomic E-state index is 0.303. The number of nitrogens with zero attached hydrogens (tertiary/aromatic N) is 1. The summed E-state index contributed by atoms with van der Waals surface area (Å²) in [6.07, 6.45) is 0.378. The summed E-state index contributed by atoms with van der Waals surface area (Å²) in [5.74, 6) is -2.79. The molecule has 1 aromatic rings. The van der Waals surface area contributed by atoms with E-state index in [1.54, 1.807) is 17.0 Å². The van der Waals surface area contributed by atoms with E-state index in [0.717, 1.165) is 10.2 Å². The maximum absolute atomic E-state index is 12.3. The number of hydrogen-bond donors (Lipinski definition) is 2. The molecule has 7 heteroatoms. The largest absolute Gasteiger partial charge is 0.480 e. The summed E-state index contributed by atoms with van der Waals surface area (Å²) in [4.78, 5) is 36.6. The SMILES string of the molecule is C[C@H](NC(=O)C1CCN(c2cccc(Br)c2)C1=O)C(=O)O. The Morgan fingerprint density at radius 2 is 2.19 bits per heavy atom. The lowest BCUT2D eigenvalue weighted by Crippen LogP contribution is -2.44. The average molecular weight is 355 g/mol. The van der Waals surface area contributed by atoms with E-state index >= 15 is 0 Å². The van der Waals surface area contributed by atoms with Crippen LogP contribution in [0.1, 0.15) is 13.3 Å². The second-order valence-electron chi connectivity index (χ2n) is 4.88. The van der Waals surface area contributed by atoms with Crippen LogP contribution in [0.2, 0.25) is 0 Å². The zero-order chi connectivity index (χ0) is 15.6. The minimum Gasteiger partial charge on any atom is -0.480 e. The maximum atomic E-state index is 12.3. The number of carboxylic acid groups (broad SMARTS) is 1. The van der Waals surface area contributed by atoms with E-state index in [1.165, 1.54) is 6.92 Å². The predicted octanol–water partition coefficient (Wildman–Crippen LogP) is 1.39. The summed E-state index contributed by atoms with van der Waals surface area (Å²) in [7, 11) is 0. The lowest BCUT2D eigenvalue weighted by atomic mass is 10.1. The van der Waals surface area contributed by atoms with Crippen molar-refractivity contribution >= 4 is 39.4 Å². The first-order chi connectivity index (χ1) is 9.90. The Bertz CT molecular complexity index is 590. The summed E-state index contributed by atoms with van der Waals surface area (Å²) >= 11 is 3.34. The normalized spacial score (nSPS) is 19.4. The van der Waals surface area contributed by atoms with E-state index in [4.69, 9.17) is 5.11 Å². The molecule has 6 nitrogen and oxygen atoms in total. The van der Waals surface area contributed by atoms with Crippen LogP contribution in [0.4, 0.5) is 5.69 Å². The van der Waals surface area contributed by atoms with Gasteiger partial charge >= 0.3 is 5.97 Å². The van der Waals surface area contributed by atoms with Crippen LogP contribution in [-0.4, -0.2) is 35.5 Å². The van der Waals surface area contributed by atoms with Crippen LogP contribution in [0.15, 0.2) is 28.7 Å². The molecule has 112 valence electrons. The Kier molecular flexibility index (Phi) is 4.62. The highest BCUT2D eigenvalue weighted by Crippen LogP contribution is 2.27. The van der Waals surface area contributed by atoms with Gasteiger partial charge in [0, 0.05) is 16.7 Å². The minimum atomic E-state index is -1.13. The van der Waals surface area contributed by atoms with Crippen molar-refractivity contribution in [3.8, 4) is 0 Å². The molecule has 1 aromatic carbocycles. The molecule has 0 spiro atoms. The Morgan fingerprint density at radius 1 is 1.48 bits per heavy atom. The summed E-state index contributed by atoms with van der Waals surface area (Å²) < 4.78 is 0.847. The number of amides is 2. The number of carbonyl (C=O) groups excluding carboxylic acids is 2. The van der Waals surface area contributed by atoms with Crippen LogP contribution in [0.3, 0.4) is 0 Å². The summed E-state index contributed by atoms with van der Waals surface area (Å²) in [6, 6.07) is 6.25. The third-order valence-electron chi connectivity index (χ3n) is 3.37. The molecular formula is C14H15BrN2O4. The third kappa shape index (κ3) is 3.41. The second-order valence-corrected chi connectivity index (χ2v) is 5.80. The predicted molar refractivity (Wildman–Crippen MR) is 79.8 cm³/mol. The molecule has 2 rings (SSSR count). The molecule has 1 aliphatic rings. The van der Waals surface area contributed by atoms with Gasteiger partial charge in [-0.15, -0.1) is 0 Å². The lowest BCUT2D eigenvalue weighted by Gasteiger charge is -2.17. The molecule has 0 saturated carbocycles. The number of nitrogens with one attached hydrogen (secondary N) is 1. The zero-order valence-corrected chi connectivity index (χ0v) is 13.0. The first-order valence-corrected chi connectivity index (χ1v) is 7.29. The Labute approximate surface area is 130 Å². The van der Waals surface area contributed by atoms with Crippen molar-refractivity contribution < 1.29 is 19.5 Å². The molecule has 2 atom stereocenters. The number of carbonyl (C=O) groups is 3. The highest BCUT2D eigenvalue weighted by Gasteiger charge is 2.38. The monoisotopic (exact) mass is 354 g/mol. The van der Waals surface area contributed by atoms with Gasteiger partial charge in [0.1, 0.15) is 12.0 Å². The number of halogens is 1. The highest BCUT2D eigenvalue weighted by atomic mass is 79.9. The van der Waals surface area contributed by atoms with Crippen molar-refractivity contribution in [3.63, 3.8) is 0 Å². The van der Waals surface area contributed by atoms with Gasteiger partial charge in [0.2, 0.25) is 11.8 Å². The van der Waals surface area contributed by atoms with Gasteiger partial charge in [-0.3, -0.25) is 14.4 Å². The number of carboxylic acids is 1. The molecule has 1 heterocycles. The van der Waals surface area contributed by atoms with Crippen LogP contribution >= 0.6 is 15.9 Å². The molecule has 2 amide bonds. The molecule has 0 bridgehead atoms. The van der Waals surface area contributed by atoms with E-state index in [-0.39, 0.29) is 5.91 Å². The molecule has 21 heavy (non-hydrogen) atoms. The highest BCUT2D eigenvalue weighted by molar-refractivity contribution is 9.10. The molecule has 0 aliphatic carbocycles. The molecule has 0 aromatic heterocycles. The van der Waals surface area contributed by atoms with Crippen molar-refractivity contribution in [3.05, 3.63) is 28.7 Å². The van der Waals surface area contributed by atoms with Gasteiger partial charge in [0.05, 0.1) is 0 Å². The van der Waals surface area contributed by atoms with E-state index in [9.17, 15) is 14.4 Å². The van der Waals surface area contributed by atoms with Crippen LogP contribution < -0.4 is 10.2 Å². The van der Waals surface area contributed by atoms with Crippen LogP contribution in [-0.2, 0) is 14.4 Å². The standard InChI is InChI=1S/C14H15BrN2O4/c1-8(14(20)21)16-12(18)11-5-6-17(13(11)19)10-4-2-3-9(15)7-10/h2-4,7-8,11H,5-6H2,1H3,(H,16,18)(H,20,21)/t8-,11?/m0/s1. The fourth-order valence-electron chi connectivity index (χ4n) is 2.20. The molecule has 1 unspecified atom stereocenters. The van der Waals surface area contributed by atoms with Crippen LogP contribution in [0.25, 0.3) is 0 Å². The number of rotatable bonds is 4. The number of benzene rings is 1. The van der Waals surface area contributed by atoms with Gasteiger partial charge in [-0.1, -0.05) is 22.0 Å². The van der Waals surface area contributed by atoms with Gasteiger partial charge in [0.15, 0.2) is 0 Å². The first-order valence-electron chi connectivity index (χ1n) is 6.50. The smallest absolute Gasteiger partial charge is 0.325 e. The molecule has 0 radical (unpaired) electrons. The molecule has 2 N–H and O–H groups in total. The van der Waals surface area contributed by atoms with Gasteiger partial charge in [0.25, 0.3) is 0 Å². The van der Waals surface area contributed by atoms with E-state index in [1.807, 2.05) is 12.1 Å². The van der Waals surface area contributed by atoms with Crippen molar-refractivity contribution in [2.75, 3.05) is 11.4 Å². The lowest BCUT2D eigenvalue weighted by molar-refractivity contribution is -0.143. The molecule has 1 fully saturated rings. The maximum Gasteiger partial charge on any atom is 0.325 e. The van der Waals surface area contributed by atoms with Crippen molar-refractivity contribution in [1.29, 1.82) is 0 Å². The Balaban J connectivity index is 2.08. The summed E-state index contributed by atoms with van der Waals surface area (Å²) in [6.45, 7) is 1.81. The first kappa shape index (κ1) is 15.5. The van der Waals surface area contributed by atoms with Crippen LogP contribution in [0.5, 0.6) is 0 Å². The average Bonchev–Trinajstić information content (AvgIpc) is 2.80. The molecule has 1 aliphatic heterocycles. The van der Waals surface area contributed by atoms with Gasteiger partial charge in [-0.2, -0.15) is 0 Å². The fraction of sp³-hybridized carbons (Fsp3) is 0.357. The van der Waals surface area contributed by atoms with Gasteiger partial charge in [-0.05, 0) is 31.5 Å². The topological polar surface area (TPSA) is 86.7 Å². The van der Waals surface area contributed by atoms with Gasteiger partial charge < -0.3 is 15.3 Å². The molecule has 1 saturated heterocycles. The van der Waals surface area contributed by atoms with Crippen LogP contribution in [0, 0.1) is 5.92 Å².